The molecule has 0 spiro atoms. The molecule has 5 nitrogen and oxygen atoms in total. The smallest absolute Gasteiger partial charge is 0.269 e. The topological polar surface area (TPSA) is 35.9 Å². The lowest BCUT2D eigenvalue weighted by Gasteiger charge is -2.24. The summed E-state index contributed by atoms with van der Waals surface area (Å²) in [6.07, 6.45) is 5.50. The van der Waals surface area contributed by atoms with Crippen LogP contribution in [0.15, 0.2) is 188 Å². The molecule has 59 heavy (non-hydrogen) atoms. The highest BCUT2D eigenvalue weighted by Gasteiger charge is 2.26. The second-order valence-electron chi connectivity index (χ2n) is 15.8. The summed E-state index contributed by atoms with van der Waals surface area (Å²) >= 11 is 0. The standard InChI is InChI=1S/C54H40N4O/c1-54(2,3)37-29-30-55-52(31-37)58-49-26-12-11-23-46(49)47-28-27-40(33-50(47)58)59-39-18-13-17-38(32-39)56-34-51-45-22-10-9-20-43(45)42-19-7-8-21-44(42)48-25-14-24-41(53(48)57(51)35-56)36-15-5-4-6-16-36/h4-34H,1-3H3/i4D,5D,6D,15D,16D,34D. The second-order valence-corrected chi connectivity index (χ2v) is 15.8. The van der Waals surface area contributed by atoms with E-state index in [4.69, 9.17) is 16.6 Å². The number of hydrogen-bond donors (Lipinski definition) is 0. The van der Waals surface area contributed by atoms with Crippen LogP contribution in [0.2, 0.25) is 0 Å². The molecule has 4 heterocycles. The fourth-order valence-corrected chi connectivity index (χ4v) is 8.35. The van der Waals surface area contributed by atoms with E-state index in [-0.39, 0.29) is 29.2 Å². The van der Waals surface area contributed by atoms with E-state index in [2.05, 4.69) is 62.0 Å². The number of para-hydroxylation sites is 2. The first-order valence-corrected chi connectivity index (χ1v) is 19.6. The Labute approximate surface area is 352 Å². The zero-order valence-corrected chi connectivity index (χ0v) is 32.6. The minimum atomic E-state index is -0.464. The molecule has 3 aromatic heterocycles. The molecule has 0 unspecified atom stereocenters. The van der Waals surface area contributed by atoms with E-state index in [1.165, 1.54) is 5.56 Å². The summed E-state index contributed by atoms with van der Waals surface area (Å²) in [5.41, 5.74) is 9.53. The van der Waals surface area contributed by atoms with Crippen molar-refractivity contribution < 1.29 is 17.5 Å². The predicted molar refractivity (Wildman–Crippen MR) is 239 cm³/mol. The lowest BCUT2D eigenvalue weighted by molar-refractivity contribution is -0.586. The van der Waals surface area contributed by atoms with Gasteiger partial charge in [0.15, 0.2) is 0 Å². The van der Waals surface area contributed by atoms with Gasteiger partial charge in [-0.25, -0.2) is 4.98 Å². The summed E-state index contributed by atoms with van der Waals surface area (Å²) in [5.74, 6) is 1.99. The SMILES string of the molecule is [2H]c1c([2H])c([2H])c(-c2cccc3c2-[n+]2[c-]n(-c4cccc(Oc5ccc6c7ccccc7n(-c7cc(C(C)(C)C)ccn7)c6c5)c4)c([2H])c2-c2ccccc2-c2ccccc2-3)c([2H])c1[2H]. The molecule has 0 N–H and O–H groups in total. The van der Waals surface area contributed by atoms with Crippen LogP contribution in [0.3, 0.4) is 0 Å². The first kappa shape index (κ1) is 28.8. The van der Waals surface area contributed by atoms with Crippen molar-refractivity contribution in [2.24, 2.45) is 0 Å². The van der Waals surface area contributed by atoms with Gasteiger partial charge in [-0.3, -0.25) is 13.7 Å². The van der Waals surface area contributed by atoms with Gasteiger partial charge in [-0.2, -0.15) is 0 Å². The minimum Gasteiger partial charge on any atom is -0.458 e. The minimum absolute atomic E-state index is 0.0631. The van der Waals surface area contributed by atoms with Crippen LogP contribution in [0.25, 0.3) is 83.6 Å². The van der Waals surface area contributed by atoms with Crippen molar-refractivity contribution in [2.45, 2.75) is 26.2 Å². The van der Waals surface area contributed by atoms with E-state index in [1.807, 2.05) is 120 Å². The fraction of sp³-hybridized carbons (Fsp3) is 0.0741. The average Bonchev–Trinajstić information content (AvgIpc) is 3.83. The van der Waals surface area contributed by atoms with Gasteiger partial charge in [-0.15, -0.1) is 0 Å². The van der Waals surface area contributed by atoms with Gasteiger partial charge in [-0.1, -0.05) is 142 Å². The van der Waals surface area contributed by atoms with Crippen LogP contribution in [0.1, 0.15) is 34.6 Å². The molecule has 0 fully saturated rings. The monoisotopic (exact) mass is 766 g/mol. The van der Waals surface area contributed by atoms with E-state index < -0.39 is 18.1 Å². The molecule has 0 atom stereocenters. The average molecular weight is 767 g/mol. The van der Waals surface area contributed by atoms with Crippen LogP contribution in [0, 0.1) is 6.33 Å². The van der Waals surface area contributed by atoms with E-state index in [0.717, 1.165) is 55.4 Å². The molecule has 282 valence electrons. The maximum atomic E-state index is 9.92. The Balaban J connectivity index is 1.08. The van der Waals surface area contributed by atoms with Crippen molar-refractivity contribution in [3.05, 3.63) is 200 Å². The lowest BCUT2D eigenvalue weighted by atomic mass is 9.87. The molecule has 0 saturated heterocycles. The number of imidazole rings is 1. The summed E-state index contributed by atoms with van der Waals surface area (Å²) in [4.78, 5) is 4.84. The van der Waals surface area contributed by atoms with Crippen LogP contribution >= 0.6 is 0 Å². The Bertz CT molecular complexity index is 3570. The van der Waals surface area contributed by atoms with Gasteiger partial charge >= 0.3 is 0 Å². The van der Waals surface area contributed by atoms with E-state index in [9.17, 15) is 1.37 Å². The van der Waals surface area contributed by atoms with Crippen molar-refractivity contribution in [1.82, 2.24) is 14.1 Å². The Morgan fingerprint density at radius 3 is 2.08 bits per heavy atom. The zero-order valence-electron chi connectivity index (χ0n) is 38.6. The Morgan fingerprint density at radius 1 is 0.610 bits per heavy atom. The zero-order chi connectivity index (χ0) is 44.9. The van der Waals surface area contributed by atoms with E-state index in [1.54, 1.807) is 10.6 Å². The highest BCUT2D eigenvalue weighted by Crippen LogP contribution is 2.44. The van der Waals surface area contributed by atoms with Crippen LogP contribution in [0.5, 0.6) is 11.5 Å². The van der Waals surface area contributed by atoms with E-state index >= 15 is 0 Å². The van der Waals surface area contributed by atoms with E-state index in [0.29, 0.717) is 34.1 Å². The molecule has 10 aromatic rings. The van der Waals surface area contributed by atoms with Gasteiger partial charge in [0, 0.05) is 29.2 Å². The summed E-state index contributed by atoms with van der Waals surface area (Å²) < 4.78 is 65.8. The van der Waals surface area contributed by atoms with Gasteiger partial charge in [0.25, 0.3) is 6.33 Å². The van der Waals surface area contributed by atoms with Crippen LogP contribution in [-0.4, -0.2) is 14.1 Å². The van der Waals surface area contributed by atoms with Crippen LogP contribution < -0.4 is 9.30 Å². The second kappa shape index (κ2) is 13.6. The molecule has 0 radical (unpaired) electrons. The van der Waals surface area contributed by atoms with Gasteiger partial charge in [-0.05, 0) is 98.5 Å². The molecule has 11 rings (SSSR count). The molecule has 0 saturated carbocycles. The van der Waals surface area contributed by atoms with Crippen molar-refractivity contribution >= 4 is 21.8 Å². The van der Waals surface area contributed by atoms with Crippen LogP contribution in [-0.2, 0) is 5.41 Å². The normalized spacial score (nSPS) is 13.4. The molecule has 5 heteroatoms. The van der Waals surface area contributed by atoms with Gasteiger partial charge in [0.05, 0.1) is 36.3 Å². The third kappa shape index (κ3) is 5.85. The number of hydrogen-bond acceptors (Lipinski definition) is 2. The van der Waals surface area contributed by atoms with Crippen LogP contribution in [0.4, 0.5) is 0 Å². The molecular formula is C54H40N4O. The number of rotatable bonds is 5. The molecule has 1 aliphatic heterocycles. The third-order valence-electron chi connectivity index (χ3n) is 11.2. The summed E-state index contributed by atoms with van der Waals surface area (Å²) in [6.45, 7) is 6.59. The largest absolute Gasteiger partial charge is 0.458 e. The molecular weight excluding hydrogens is 721 g/mol. The molecule has 0 amide bonds. The highest BCUT2D eigenvalue weighted by atomic mass is 16.5. The molecule has 0 aliphatic carbocycles. The van der Waals surface area contributed by atoms with Crippen molar-refractivity contribution in [3.63, 3.8) is 0 Å². The Kier molecular flexibility index (Phi) is 6.63. The first-order valence-electron chi connectivity index (χ1n) is 22.6. The Morgan fingerprint density at radius 2 is 1.27 bits per heavy atom. The lowest BCUT2D eigenvalue weighted by Crippen LogP contribution is -2.34. The molecule has 1 aliphatic rings. The number of benzene rings is 7. The highest BCUT2D eigenvalue weighted by molar-refractivity contribution is 6.09. The van der Waals surface area contributed by atoms with Gasteiger partial charge in [0.2, 0.25) is 0 Å². The molecule has 0 bridgehead atoms. The first-order chi connectivity index (χ1) is 31.4. The van der Waals surface area contributed by atoms with Crippen molar-refractivity contribution in [3.8, 4) is 73.3 Å². The summed E-state index contributed by atoms with van der Waals surface area (Å²) in [5, 5.41) is 2.18. The quantitative estimate of drug-likeness (QED) is 0.129. The number of pyridine rings is 1. The third-order valence-corrected chi connectivity index (χ3v) is 11.2. The number of nitrogens with zero attached hydrogens (tertiary/aromatic N) is 4. The predicted octanol–water partition coefficient (Wildman–Crippen LogP) is 13.1. The number of ether oxygens (including phenoxy) is 1. The number of aromatic nitrogens is 4. The molecule has 7 aromatic carbocycles. The maximum absolute atomic E-state index is 9.92. The van der Waals surface area contributed by atoms with Gasteiger partial charge < -0.3 is 4.74 Å². The van der Waals surface area contributed by atoms with Crippen molar-refractivity contribution in [2.75, 3.05) is 0 Å². The Hall–Kier alpha value is -7.50. The van der Waals surface area contributed by atoms with Gasteiger partial charge in [0.1, 0.15) is 17.3 Å². The maximum Gasteiger partial charge on any atom is 0.269 e. The van der Waals surface area contributed by atoms with Crippen molar-refractivity contribution in [1.29, 1.82) is 0 Å². The summed E-state index contributed by atoms with van der Waals surface area (Å²) in [7, 11) is 0. The summed E-state index contributed by atoms with van der Waals surface area (Å²) in [6, 6.07) is 45.8. The fourth-order valence-electron chi connectivity index (χ4n) is 8.35. The number of fused-ring (bicyclic) bond motifs is 11.